The van der Waals surface area contributed by atoms with Crippen LogP contribution in [0.4, 0.5) is 4.39 Å². The zero-order valence-corrected chi connectivity index (χ0v) is 5.78. The largest absolute Gasteiger partial charge is 0.236 e. The molecule has 43 valence electrons. The van der Waals surface area contributed by atoms with E-state index in [0.29, 0.717) is 0 Å². The molecule has 0 bridgehead atoms. The fourth-order valence-electron chi connectivity index (χ4n) is 0. The van der Waals surface area contributed by atoms with Crippen molar-refractivity contribution in [1.82, 2.24) is 0 Å². The highest BCUT2D eigenvalue weighted by Crippen LogP contribution is 2.36. The standard InChI is InChI=1S/C3H3Cl3F/c1-2(7)3(4,5)6/h1H3. The zero-order chi connectivity index (χ0) is 6.08. The molecule has 0 saturated heterocycles. The Bertz CT molecular complexity index is 55.7. The molecule has 0 aliphatic rings. The van der Waals surface area contributed by atoms with Crippen molar-refractivity contribution in [2.45, 2.75) is 10.7 Å². The highest BCUT2D eigenvalue weighted by molar-refractivity contribution is 6.68. The molecule has 0 N–H and O–H groups in total. The van der Waals surface area contributed by atoms with E-state index in [1.165, 1.54) is 0 Å². The third-order valence-electron chi connectivity index (χ3n) is 0.391. The fourth-order valence-corrected chi connectivity index (χ4v) is 0. The maximum absolute atomic E-state index is 11.7. The highest BCUT2D eigenvalue weighted by Gasteiger charge is 2.29. The molecule has 0 nitrogen and oxygen atoms in total. The zero-order valence-electron chi connectivity index (χ0n) is 3.51. The van der Waals surface area contributed by atoms with Crippen molar-refractivity contribution < 1.29 is 4.39 Å². The Morgan fingerprint density at radius 2 is 1.57 bits per heavy atom. The third-order valence-corrected chi connectivity index (χ3v) is 1.17. The first kappa shape index (κ1) is 7.80. The monoisotopic (exact) mass is 163 g/mol. The fraction of sp³-hybridized carbons (Fsp3) is 0.667. The molecule has 0 saturated carbocycles. The van der Waals surface area contributed by atoms with E-state index in [-0.39, 0.29) is 0 Å². The van der Waals surface area contributed by atoms with Crippen molar-refractivity contribution in [2.75, 3.05) is 0 Å². The van der Waals surface area contributed by atoms with Gasteiger partial charge in [-0.25, -0.2) is 4.39 Å². The van der Waals surface area contributed by atoms with E-state index in [1.807, 2.05) is 0 Å². The molecule has 0 unspecified atom stereocenters. The number of halogens is 4. The van der Waals surface area contributed by atoms with Crippen LogP contribution in [0.2, 0.25) is 0 Å². The summed E-state index contributed by atoms with van der Waals surface area (Å²) in [7, 11) is 0. The topological polar surface area (TPSA) is 0 Å². The van der Waals surface area contributed by atoms with Crippen molar-refractivity contribution >= 4 is 34.8 Å². The highest BCUT2D eigenvalue weighted by atomic mass is 35.6. The minimum atomic E-state index is -1.83. The van der Waals surface area contributed by atoms with Crippen molar-refractivity contribution in [3.63, 3.8) is 0 Å². The predicted octanol–water partition coefficient (Wildman–Crippen LogP) is 2.88. The lowest BCUT2D eigenvalue weighted by Crippen LogP contribution is -2.07. The summed E-state index contributed by atoms with van der Waals surface area (Å²) < 4.78 is 9.90. The lowest BCUT2D eigenvalue weighted by atomic mass is 10.5. The van der Waals surface area contributed by atoms with E-state index in [0.717, 1.165) is 6.92 Å². The second-order valence-corrected chi connectivity index (χ2v) is 3.31. The predicted molar refractivity (Wildman–Crippen MR) is 30.3 cm³/mol. The molecule has 0 rings (SSSR count). The quantitative estimate of drug-likeness (QED) is 0.483. The average Bonchev–Trinajstić information content (AvgIpc) is 1.31. The summed E-state index contributed by atoms with van der Waals surface area (Å²) in [4.78, 5) is 0. The number of rotatable bonds is 0. The van der Waals surface area contributed by atoms with E-state index in [2.05, 4.69) is 0 Å². The van der Waals surface area contributed by atoms with Gasteiger partial charge in [-0.3, -0.25) is 0 Å². The molecule has 0 aliphatic heterocycles. The second-order valence-electron chi connectivity index (χ2n) is 1.03. The first-order valence-corrected chi connectivity index (χ1v) is 2.64. The maximum Gasteiger partial charge on any atom is 0.227 e. The molecular weight excluding hydrogens is 161 g/mol. The summed E-state index contributed by atoms with van der Waals surface area (Å²) in [6, 6.07) is 0. The van der Waals surface area contributed by atoms with E-state index in [4.69, 9.17) is 34.8 Å². The summed E-state index contributed by atoms with van der Waals surface area (Å²) in [6.07, 6.45) is -0.711. The van der Waals surface area contributed by atoms with Gasteiger partial charge in [-0.15, -0.1) is 0 Å². The van der Waals surface area contributed by atoms with Crippen LogP contribution in [0.3, 0.4) is 0 Å². The van der Waals surface area contributed by atoms with Gasteiger partial charge in [0, 0.05) is 0 Å². The number of alkyl halides is 3. The van der Waals surface area contributed by atoms with E-state index < -0.39 is 9.96 Å². The first-order chi connectivity index (χ1) is 2.94. The van der Waals surface area contributed by atoms with Gasteiger partial charge in [0.25, 0.3) is 0 Å². The second kappa shape index (κ2) is 2.38. The van der Waals surface area contributed by atoms with Crippen LogP contribution >= 0.6 is 34.8 Å². The summed E-state index contributed by atoms with van der Waals surface area (Å²) in [5, 5.41) is 0. The minimum Gasteiger partial charge on any atom is -0.236 e. The Kier molecular flexibility index (Phi) is 2.65. The molecule has 0 fully saturated rings. The first-order valence-electron chi connectivity index (χ1n) is 1.51. The van der Waals surface area contributed by atoms with Gasteiger partial charge in [0.15, 0.2) is 6.17 Å². The smallest absolute Gasteiger partial charge is 0.227 e. The van der Waals surface area contributed by atoms with E-state index in [9.17, 15) is 4.39 Å². The van der Waals surface area contributed by atoms with Crippen molar-refractivity contribution in [1.29, 1.82) is 0 Å². The van der Waals surface area contributed by atoms with E-state index >= 15 is 0 Å². The van der Waals surface area contributed by atoms with Gasteiger partial charge in [-0.2, -0.15) is 0 Å². The van der Waals surface area contributed by atoms with Crippen molar-refractivity contribution in [3.8, 4) is 0 Å². The molecule has 0 amide bonds. The van der Waals surface area contributed by atoms with Gasteiger partial charge < -0.3 is 0 Å². The van der Waals surface area contributed by atoms with Gasteiger partial charge in [0.05, 0.1) is 0 Å². The van der Waals surface area contributed by atoms with E-state index in [1.54, 1.807) is 0 Å². The normalized spacial score (nSPS) is 12.9. The number of hydrogen-bond acceptors (Lipinski definition) is 0. The van der Waals surface area contributed by atoms with Crippen LogP contribution in [0, 0.1) is 6.17 Å². The van der Waals surface area contributed by atoms with Crippen LogP contribution in [0.25, 0.3) is 0 Å². The SMILES string of the molecule is C[C](F)C(Cl)(Cl)Cl. The minimum absolute atomic E-state index is 0.711. The van der Waals surface area contributed by atoms with Gasteiger partial charge in [0.2, 0.25) is 3.79 Å². The van der Waals surface area contributed by atoms with Crippen LogP contribution in [0.1, 0.15) is 6.92 Å². The molecule has 0 aromatic rings. The molecule has 0 heterocycles. The molecular formula is C3H3Cl3F. The number of hydrogen-bond donors (Lipinski definition) is 0. The van der Waals surface area contributed by atoms with Gasteiger partial charge in [-0.05, 0) is 6.92 Å². The van der Waals surface area contributed by atoms with Crippen LogP contribution in [-0.2, 0) is 0 Å². The summed E-state index contributed by atoms with van der Waals surface area (Å²) >= 11 is 15.0. The van der Waals surface area contributed by atoms with Gasteiger partial charge in [0.1, 0.15) is 0 Å². The Labute approximate surface area is 56.5 Å². The summed E-state index contributed by atoms with van der Waals surface area (Å²) in [5.74, 6) is 0. The average molecular weight is 164 g/mol. The molecule has 1 radical (unpaired) electrons. The Morgan fingerprint density at radius 1 is 1.43 bits per heavy atom. The molecule has 0 atom stereocenters. The van der Waals surface area contributed by atoms with Crippen molar-refractivity contribution in [2.24, 2.45) is 0 Å². The van der Waals surface area contributed by atoms with Crippen LogP contribution in [0.15, 0.2) is 0 Å². The molecule has 0 aromatic carbocycles. The molecule has 4 heteroatoms. The third kappa shape index (κ3) is 3.39. The summed E-state index contributed by atoms with van der Waals surface area (Å²) in [6.45, 7) is 1.10. The Balaban J connectivity index is 3.54. The Hall–Kier alpha value is 0.800. The van der Waals surface area contributed by atoms with Crippen LogP contribution in [0.5, 0.6) is 0 Å². The molecule has 7 heavy (non-hydrogen) atoms. The lowest BCUT2D eigenvalue weighted by Gasteiger charge is -2.08. The lowest BCUT2D eigenvalue weighted by molar-refractivity contribution is 0.501. The molecule has 0 spiro atoms. The summed E-state index contributed by atoms with van der Waals surface area (Å²) in [5.41, 5.74) is 0. The van der Waals surface area contributed by atoms with Crippen molar-refractivity contribution in [3.05, 3.63) is 6.17 Å². The molecule has 0 aromatic heterocycles. The van der Waals surface area contributed by atoms with Gasteiger partial charge >= 0.3 is 0 Å². The van der Waals surface area contributed by atoms with Gasteiger partial charge in [-0.1, -0.05) is 34.8 Å². The maximum atomic E-state index is 11.7. The molecule has 0 aliphatic carbocycles. The van der Waals surface area contributed by atoms with Crippen LogP contribution < -0.4 is 0 Å². The Morgan fingerprint density at radius 3 is 1.57 bits per heavy atom. The van der Waals surface area contributed by atoms with Crippen LogP contribution in [-0.4, -0.2) is 3.79 Å².